The Morgan fingerprint density at radius 3 is 2.78 bits per heavy atom. The third-order valence-electron chi connectivity index (χ3n) is 4.53. The first kappa shape index (κ1) is 15.7. The third kappa shape index (κ3) is 3.45. The largest absolute Gasteiger partial charge is 0.341 e. The first-order valence-electron chi connectivity index (χ1n) is 8.18. The predicted molar refractivity (Wildman–Crippen MR) is 93.3 cm³/mol. The van der Waals surface area contributed by atoms with Crippen molar-refractivity contribution in [1.29, 1.82) is 0 Å². The molecule has 1 aromatic carbocycles. The quantitative estimate of drug-likeness (QED) is 0.735. The van der Waals surface area contributed by atoms with Crippen molar-refractivity contribution in [3.8, 4) is 0 Å². The van der Waals surface area contributed by atoms with Crippen LogP contribution in [0.4, 0.5) is 0 Å². The number of imidazole rings is 2. The number of aromatic nitrogens is 4. The minimum Gasteiger partial charge on any atom is -0.341 e. The van der Waals surface area contributed by atoms with Gasteiger partial charge in [-0.2, -0.15) is 0 Å². The molecule has 0 saturated heterocycles. The molecule has 122 valence electrons. The van der Waals surface area contributed by atoms with Gasteiger partial charge in [0.1, 0.15) is 5.82 Å². The molecule has 23 heavy (non-hydrogen) atoms. The van der Waals surface area contributed by atoms with Crippen molar-refractivity contribution >= 4 is 11.0 Å². The van der Waals surface area contributed by atoms with Gasteiger partial charge in [0.25, 0.3) is 0 Å². The fourth-order valence-electron chi connectivity index (χ4n) is 2.81. The van der Waals surface area contributed by atoms with E-state index >= 15 is 0 Å². The van der Waals surface area contributed by atoms with E-state index in [1.54, 1.807) is 0 Å². The average molecular weight is 311 g/mol. The molecular formula is C18H25N5. The lowest BCUT2D eigenvalue weighted by Crippen LogP contribution is -2.37. The third-order valence-corrected chi connectivity index (χ3v) is 4.53. The Morgan fingerprint density at radius 1 is 1.26 bits per heavy atom. The van der Waals surface area contributed by atoms with Crippen LogP contribution >= 0.6 is 0 Å². The average Bonchev–Trinajstić information content (AvgIpc) is 3.16. The number of aryl methyl sites for hydroxylation is 2. The van der Waals surface area contributed by atoms with Crippen LogP contribution in [0.15, 0.2) is 30.9 Å². The van der Waals surface area contributed by atoms with Crippen LogP contribution in [0.25, 0.3) is 11.0 Å². The standard InChI is InChI=1S/C18H25N5/c1-12(2)16(10-23-8-7-19-11-23)20-9-17-21-15-6-5-13(3)14(4)18(15)22-17/h5-8,11-12,16,20H,9-10H2,1-4H3,(H,21,22)/t16-/m1/s1. The number of aromatic amines is 1. The van der Waals surface area contributed by atoms with Gasteiger partial charge >= 0.3 is 0 Å². The monoisotopic (exact) mass is 311 g/mol. The van der Waals surface area contributed by atoms with E-state index < -0.39 is 0 Å². The van der Waals surface area contributed by atoms with Crippen molar-refractivity contribution in [2.45, 2.75) is 46.8 Å². The summed E-state index contributed by atoms with van der Waals surface area (Å²) in [5.41, 5.74) is 4.73. The predicted octanol–water partition coefficient (Wildman–Crippen LogP) is 3.19. The minimum atomic E-state index is 0.375. The van der Waals surface area contributed by atoms with E-state index in [9.17, 15) is 0 Å². The van der Waals surface area contributed by atoms with Gasteiger partial charge in [-0.25, -0.2) is 9.97 Å². The molecule has 0 saturated carbocycles. The highest BCUT2D eigenvalue weighted by atomic mass is 15.1. The Kier molecular flexibility index (Phi) is 4.48. The molecule has 0 unspecified atom stereocenters. The Hall–Kier alpha value is -2.14. The molecule has 0 aliphatic heterocycles. The molecule has 1 atom stereocenters. The lowest BCUT2D eigenvalue weighted by Gasteiger charge is -2.22. The van der Waals surface area contributed by atoms with Gasteiger partial charge < -0.3 is 14.9 Å². The van der Waals surface area contributed by atoms with Crippen LogP contribution in [0.1, 0.15) is 30.8 Å². The van der Waals surface area contributed by atoms with Crippen molar-refractivity contribution in [3.63, 3.8) is 0 Å². The smallest absolute Gasteiger partial charge is 0.121 e. The van der Waals surface area contributed by atoms with Gasteiger partial charge in [0.05, 0.1) is 23.9 Å². The summed E-state index contributed by atoms with van der Waals surface area (Å²) < 4.78 is 2.11. The summed E-state index contributed by atoms with van der Waals surface area (Å²) in [6.07, 6.45) is 5.69. The summed E-state index contributed by atoms with van der Waals surface area (Å²) in [4.78, 5) is 12.3. The topological polar surface area (TPSA) is 58.5 Å². The summed E-state index contributed by atoms with van der Waals surface area (Å²) in [6, 6.07) is 4.63. The van der Waals surface area contributed by atoms with Gasteiger partial charge in [-0.1, -0.05) is 19.9 Å². The van der Waals surface area contributed by atoms with Crippen LogP contribution in [0.2, 0.25) is 0 Å². The number of nitrogens with one attached hydrogen (secondary N) is 2. The highest BCUT2D eigenvalue weighted by Gasteiger charge is 2.14. The van der Waals surface area contributed by atoms with E-state index in [2.05, 4.69) is 59.7 Å². The number of H-pyrrole nitrogens is 1. The van der Waals surface area contributed by atoms with E-state index in [-0.39, 0.29) is 0 Å². The Balaban J connectivity index is 1.72. The maximum absolute atomic E-state index is 4.76. The van der Waals surface area contributed by atoms with Crippen LogP contribution < -0.4 is 5.32 Å². The van der Waals surface area contributed by atoms with E-state index in [0.717, 1.165) is 29.9 Å². The molecule has 0 amide bonds. The summed E-state index contributed by atoms with van der Waals surface area (Å²) >= 11 is 0. The molecule has 0 fully saturated rings. The number of fused-ring (bicyclic) bond motifs is 1. The molecule has 2 N–H and O–H groups in total. The molecule has 2 aromatic heterocycles. The normalized spacial score (nSPS) is 13.1. The van der Waals surface area contributed by atoms with Crippen LogP contribution in [-0.4, -0.2) is 25.6 Å². The number of benzene rings is 1. The van der Waals surface area contributed by atoms with Gasteiger partial charge in [0, 0.05) is 25.0 Å². The van der Waals surface area contributed by atoms with Gasteiger partial charge in [-0.05, 0) is 37.0 Å². The van der Waals surface area contributed by atoms with E-state index in [1.165, 1.54) is 11.1 Å². The van der Waals surface area contributed by atoms with Crippen molar-refractivity contribution in [3.05, 3.63) is 47.8 Å². The molecule has 0 radical (unpaired) electrons. The lowest BCUT2D eigenvalue weighted by atomic mass is 10.0. The molecule has 0 aliphatic rings. The summed E-state index contributed by atoms with van der Waals surface area (Å²) in [5.74, 6) is 1.52. The van der Waals surface area contributed by atoms with Crippen molar-refractivity contribution in [2.75, 3.05) is 0 Å². The second-order valence-electron chi connectivity index (χ2n) is 6.58. The van der Waals surface area contributed by atoms with Gasteiger partial charge in [0.15, 0.2) is 0 Å². The molecule has 0 aliphatic carbocycles. The van der Waals surface area contributed by atoms with Crippen LogP contribution in [0.3, 0.4) is 0 Å². The highest BCUT2D eigenvalue weighted by Crippen LogP contribution is 2.19. The number of hydrogen-bond acceptors (Lipinski definition) is 3. The van der Waals surface area contributed by atoms with Crippen LogP contribution in [-0.2, 0) is 13.1 Å². The fraction of sp³-hybridized carbons (Fsp3) is 0.444. The summed E-state index contributed by atoms with van der Waals surface area (Å²) in [7, 11) is 0. The van der Waals surface area contributed by atoms with Gasteiger partial charge in [-0.15, -0.1) is 0 Å². The first-order valence-corrected chi connectivity index (χ1v) is 8.18. The molecule has 5 heteroatoms. The molecule has 5 nitrogen and oxygen atoms in total. The van der Waals surface area contributed by atoms with Crippen molar-refractivity contribution in [2.24, 2.45) is 5.92 Å². The maximum atomic E-state index is 4.76. The fourth-order valence-corrected chi connectivity index (χ4v) is 2.81. The van der Waals surface area contributed by atoms with Crippen molar-refractivity contribution in [1.82, 2.24) is 24.8 Å². The van der Waals surface area contributed by atoms with Crippen molar-refractivity contribution < 1.29 is 0 Å². The molecular weight excluding hydrogens is 286 g/mol. The SMILES string of the molecule is Cc1ccc2[nH]c(CN[C@H](Cn3ccnc3)C(C)C)nc2c1C. The number of nitrogens with zero attached hydrogens (tertiary/aromatic N) is 3. The van der Waals surface area contributed by atoms with Gasteiger partial charge in [-0.3, -0.25) is 0 Å². The zero-order chi connectivity index (χ0) is 16.4. The molecule has 2 heterocycles. The van der Waals surface area contributed by atoms with Gasteiger partial charge in [0.2, 0.25) is 0 Å². The van der Waals surface area contributed by atoms with Crippen LogP contribution in [0, 0.1) is 19.8 Å². The van der Waals surface area contributed by atoms with E-state index in [0.29, 0.717) is 12.0 Å². The van der Waals surface area contributed by atoms with Crippen LogP contribution in [0.5, 0.6) is 0 Å². The zero-order valence-electron chi connectivity index (χ0n) is 14.3. The Bertz CT molecular complexity index is 770. The second-order valence-corrected chi connectivity index (χ2v) is 6.58. The second kappa shape index (κ2) is 6.54. The molecule has 0 spiro atoms. The lowest BCUT2D eigenvalue weighted by molar-refractivity contribution is 0.351. The Morgan fingerprint density at radius 2 is 2.09 bits per heavy atom. The summed E-state index contributed by atoms with van der Waals surface area (Å²) in [6.45, 7) is 10.4. The summed E-state index contributed by atoms with van der Waals surface area (Å²) in [5, 5.41) is 3.63. The molecule has 0 bridgehead atoms. The highest BCUT2D eigenvalue weighted by molar-refractivity contribution is 5.79. The minimum absolute atomic E-state index is 0.375. The van der Waals surface area contributed by atoms with E-state index in [4.69, 9.17) is 4.98 Å². The number of hydrogen-bond donors (Lipinski definition) is 2. The number of rotatable bonds is 6. The zero-order valence-corrected chi connectivity index (χ0v) is 14.3. The molecule has 3 aromatic rings. The van der Waals surface area contributed by atoms with E-state index in [1.807, 2.05) is 18.7 Å². The molecule has 3 rings (SSSR count). The Labute approximate surface area is 137 Å². The maximum Gasteiger partial charge on any atom is 0.121 e. The first-order chi connectivity index (χ1) is 11.0.